The number of amides is 1. The molecule has 1 atom stereocenters. The average Bonchev–Trinajstić information content (AvgIpc) is 3.05. The third-order valence-electron chi connectivity index (χ3n) is 4.87. The molecule has 1 saturated heterocycles. The van der Waals surface area contributed by atoms with E-state index in [0.717, 1.165) is 38.1 Å². The van der Waals surface area contributed by atoms with E-state index in [1.807, 2.05) is 29.2 Å². The Hall–Kier alpha value is -1.55. The molecular weight excluding hydrogens is 276 g/mol. The topological polar surface area (TPSA) is 55.6 Å². The van der Waals surface area contributed by atoms with E-state index in [9.17, 15) is 4.79 Å². The first kappa shape index (κ1) is 15.3. The van der Waals surface area contributed by atoms with Crippen LogP contribution in [-0.4, -0.2) is 36.5 Å². The van der Waals surface area contributed by atoms with Crippen LogP contribution in [0.3, 0.4) is 0 Å². The number of para-hydroxylation sites is 1. The quantitative estimate of drug-likeness (QED) is 0.930. The van der Waals surface area contributed by atoms with Crippen molar-refractivity contribution in [1.82, 2.24) is 4.90 Å². The van der Waals surface area contributed by atoms with Gasteiger partial charge in [-0.05, 0) is 56.7 Å². The lowest BCUT2D eigenvalue weighted by atomic mass is 9.97. The van der Waals surface area contributed by atoms with E-state index in [1.165, 1.54) is 19.3 Å². The fourth-order valence-corrected chi connectivity index (χ4v) is 3.49. The molecule has 0 spiro atoms. The summed E-state index contributed by atoms with van der Waals surface area (Å²) in [5.74, 6) is 1.27. The second-order valence-corrected chi connectivity index (χ2v) is 6.52. The number of carbonyl (C=O) groups is 1. The van der Waals surface area contributed by atoms with Crippen molar-refractivity contribution in [2.24, 2.45) is 11.7 Å². The highest BCUT2D eigenvalue weighted by Crippen LogP contribution is 2.28. The monoisotopic (exact) mass is 302 g/mol. The Morgan fingerprint density at radius 3 is 2.68 bits per heavy atom. The summed E-state index contributed by atoms with van der Waals surface area (Å²) in [5.41, 5.74) is 6.43. The lowest BCUT2D eigenvalue weighted by Crippen LogP contribution is -2.30. The van der Waals surface area contributed by atoms with Crippen LogP contribution >= 0.6 is 0 Å². The molecule has 0 radical (unpaired) electrons. The number of benzene rings is 1. The van der Waals surface area contributed by atoms with Crippen molar-refractivity contribution >= 4 is 5.91 Å². The standard InChI is InChI=1S/C18H26N2O2/c19-12-14-10-11-20(13-14)18(21)16-8-4-5-9-17(16)22-15-6-2-1-3-7-15/h4-5,8-9,14-15H,1-3,6-7,10-13,19H2/t14-/m0/s1. The summed E-state index contributed by atoms with van der Waals surface area (Å²) in [4.78, 5) is 14.7. The molecule has 1 saturated carbocycles. The third kappa shape index (κ3) is 3.43. The maximum absolute atomic E-state index is 12.8. The van der Waals surface area contributed by atoms with Crippen LogP contribution in [-0.2, 0) is 0 Å². The molecule has 1 heterocycles. The number of carbonyl (C=O) groups excluding carboxylic acids is 1. The molecule has 0 unspecified atom stereocenters. The fraction of sp³-hybridized carbons (Fsp3) is 0.611. The molecule has 2 aliphatic rings. The Bertz CT molecular complexity index is 512. The van der Waals surface area contributed by atoms with Crippen LogP contribution in [0.5, 0.6) is 5.75 Å². The minimum Gasteiger partial charge on any atom is -0.490 e. The molecule has 1 aromatic carbocycles. The molecule has 22 heavy (non-hydrogen) atoms. The zero-order chi connectivity index (χ0) is 15.4. The molecule has 1 aliphatic heterocycles. The average molecular weight is 302 g/mol. The molecule has 120 valence electrons. The largest absolute Gasteiger partial charge is 0.490 e. The van der Waals surface area contributed by atoms with Gasteiger partial charge in [-0.3, -0.25) is 4.79 Å². The van der Waals surface area contributed by atoms with Crippen molar-refractivity contribution in [3.05, 3.63) is 29.8 Å². The van der Waals surface area contributed by atoms with Crippen molar-refractivity contribution in [2.75, 3.05) is 19.6 Å². The number of nitrogens with zero attached hydrogens (tertiary/aromatic N) is 1. The van der Waals surface area contributed by atoms with Gasteiger partial charge in [0.05, 0.1) is 11.7 Å². The van der Waals surface area contributed by atoms with Crippen LogP contribution in [0, 0.1) is 5.92 Å². The number of hydrogen-bond acceptors (Lipinski definition) is 3. The highest BCUT2D eigenvalue weighted by Gasteiger charge is 2.28. The minimum atomic E-state index is 0.0855. The maximum atomic E-state index is 12.8. The summed E-state index contributed by atoms with van der Waals surface area (Å²) in [5, 5.41) is 0. The van der Waals surface area contributed by atoms with Crippen LogP contribution in [0.4, 0.5) is 0 Å². The minimum absolute atomic E-state index is 0.0855. The normalized spacial score (nSPS) is 22.8. The predicted octanol–water partition coefficient (Wildman–Crippen LogP) is 2.82. The molecule has 4 heteroatoms. The Labute approximate surface area is 132 Å². The summed E-state index contributed by atoms with van der Waals surface area (Å²) in [6.45, 7) is 2.23. The van der Waals surface area contributed by atoms with E-state index in [0.29, 0.717) is 18.0 Å². The third-order valence-corrected chi connectivity index (χ3v) is 4.87. The lowest BCUT2D eigenvalue weighted by Gasteiger charge is -2.25. The second kappa shape index (κ2) is 7.14. The van der Waals surface area contributed by atoms with Gasteiger partial charge in [-0.2, -0.15) is 0 Å². The summed E-state index contributed by atoms with van der Waals surface area (Å²) < 4.78 is 6.15. The van der Waals surface area contributed by atoms with Gasteiger partial charge in [0.15, 0.2) is 0 Å². The van der Waals surface area contributed by atoms with Gasteiger partial charge in [0, 0.05) is 13.1 Å². The first-order valence-corrected chi connectivity index (χ1v) is 8.53. The number of likely N-dealkylation sites (tertiary alicyclic amines) is 1. The Morgan fingerprint density at radius 2 is 1.95 bits per heavy atom. The number of nitrogens with two attached hydrogens (primary N) is 1. The Kier molecular flexibility index (Phi) is 4.98. The molecule has 0 bridgehead atoms. The smallest absolute Gasteiger partial charge is 0.257 e. The van der Waals surface area contributed by atoms with Gasteiger partial charge < -0.3 is 15.4 Å². The summed E-state index contributed by atoms with van der Waals surface area (Å²) in [6, 6.07) is 7.67. The Balaban J connectivity index is 1.71. The molecule has 4 nitrogen and oxygen atoms in total. The first-order valence-electron chi connectivity index (χ1n) is 8.53. The highest BCUT2D eigenvalue weighted by atomic mass is 16.5. The molecule has 2 N–H and O–H groups in total. The van der Waals surface area contributed by atoms with Crippen LogP contribution in [0.15, 0.2) is 24.3 Å². The maximum Gasteiger partial charge on any atom is 0.257 e. The number of rotatable bonds is 4. The van der Waals surface area contributed by atoms with E-state index in [1.54, 1.807) is 0 Å². The molecule has 1 aromatic rings. The van der Waals surface area contributed by atoms with Crippen LogP contribution in [0.2, 0.25) is 0 Å². The first-order chi connectivity index (χ1) is 10.8. The lowest BCUT2D eigenvalue weighted by molar-refractivity contribution is 0.0776. The summed E-state index contributed by atoms with van der Waals surface area (Å²) in [7, 11) is 0. The fourth-order valence-electron chi connectivity index (χ4n) is 3.49. The van der Waals surface area contributed by atoms with E-state index in [-0.39, 0.29) is 12.0 Å². The van der Waals surface area contributed by atoms with Crippen molar-refractivity contribution in [1.29, 1.82) is 0 Å². The van der Waals surface area contributed by atoms with E-state index < -0.39 is 0 Å². The van der Waals surface area contributed by atoms with Gasteiger partial charge in [0.1, 0.15) is 5.75 Å². The van der Waals surface area contributed by atoms with Gasteiger partial charge in [-0.25, -0.2) is 0 Å². The highest BCUT2D eigenvalue weighted by molar-refractivity contribution is 5.97. The van der Waals surface area contributed by atoms with Crippen LogP contribution in [0.1, 0.15) is 48.9 Å². The van der Waals surface area contributed by atoms with E-state index in [2.05, 4.69) is 0 Å². The molecule has 1 amide bonds. The van der Waals surface area contributed by atoms with Crippen LogP contribution < -0.4 is 10.5 Å². The Morgan fingerprint density at radius 1 is 1.18 bits per heavy atom. The molecule has 3 rings (SSSR count). The van der Waals surface area contributed by atoms with Crippen molar-refractivity contribution in [2.45, 2.75) is 44.6 Å². The molecule has 2 fully saturated rings. The number of ether oxygens (including phenoxy) is 1. The summed E-state index contributed by atoms with van der Waals surface area (Å²) >= 11 is 0. The van der Waals surface area contributed by atoms with Gasteiger partial charge in [0.2, 0.25) is 0 Å². The second-order valence-electron chi connectivity index (χ2n) is 6.52. The SMILES string of the molecule is NC[C@@H]1CCN(C(=O)c2ccccc2OC2CCCCC2)C1. The van der Waals surface area contributed by atoms with Crippen molar-refractivity contribution in [3.63, 3.8) is 0 Å². The van der Waals surface area contributed by atoms with Gasteiger partial charge in [0.25, 0.3) is 5.91 Å². The van der Waals surface area contributed by atoms with Gasteiger partial charge in [-0.1, -0.05) is 18.6 Å². The van der Waals surface area contributed by atoms with Crippen LogP contribution in [0.25, 0.3) is 0 Å². The molecular formula is C18H26N2O2. The van der Waals surface area contributed by atoms with Gasteiger partial charge in [-0.15, -0.1) is 0 Å². The number of hydrogen-bond donors (Lipinski definition) is 1. The molecule has 0 aromatic heterocycles. The van der Waals surface area contributed by atoms with E-state index in [4.69, 9.17) is 10.5 Å². The zero-order valence-electron chi connectivity index (χ0n) is 13.2. The van der Waals surface area contributed by atoms with Crippen molar-refractivity contribution in [3.8, 4) is 5.75 Å². The molecule has 1 aliphatic carbocycles. The zero-order valence-corrected chi connectivity index (χ0v) is 13.2. The van der Waals surface area contributed by atoms with Crippen molar-refractivity contribution < 1.29 is 9.53 Å². The van der Waals surface area contributed by atoms with Gasteiger partial charge >= 0.3 is 0 Å². The van der Waals surface area contributed by atoms with E-state index >= 15 is 0 Å². The predicted molar refractivity (Wildman–Crippen MR) is 87.0 cm³/mol. The summed E-state index contributed by atoms with van der Waals surface area (Å²) in [6.07, 6.45) is 7.22.